The Morgan fingerprint density at radius 1 is 1.00 bits per heavy atom. The molecule has 7 nitrogen and oxygen atoms in total. The molecule has 1 saturated heterocycles. The highest BCUT2D eigenvalue weighted by atomic mass is 32.2. The van der Waals surface area contributed by atoms with Crippen LogP contribution in [0, 0.1) is 6.92 Å². The first-order valence-electron chi connectivity index (χ1n) is 11.3. The van der Waals surface area contributed by atoms with E-state index in [1.807, 2.05) is 43.3 Å². The van der Waals surface area contributed by atoms with Gasteiger partial charge in [0.2, 0.25) is 0 Å². The minimum atomic E-state index is -3.82. The number of carbonyl (C=O) groups excluding carboxylic acids is 1. The predicted molar refractivity (Wildman–Crippen MR) is 136 cm³/mol. The molecule has 2 N–H and O–H groups in total. The normalized spacial score (nSPS) is 14.0. The zero-order chi connectivity index (χ0) is 24.1. The van der Waals surface area contributed by atoms with Crippen LogP contribution in [0.1, 0.15) is 21.5 Å². The van der Waals surface area contributed by atoms with Crippen molar-refractivity contribution in [2.45, 2.75) is 18.4 Å². The van der Waals surface area contributed by atoms with Gasteiger partial charge in [-0.25, -0.2) is 8.42 Å². The number of amides is 1. The van der Waals surface area contributed by atoms with Crippen molar-refractivity contribution in [3.63, 3.8) is 0 Å². The number of rotatable bonds is 7. The molecular formula is C26H30N4O3S. The molecule has 1 aliphatic heterocycles. The molecule has 8 heteroatoms. The minimum Gasteiger partial charge on any atom is -0.367 e. The van der Waals surface area contributed by atoms with E-state index in [0.29, 0.717) is 17.8 Å². The molecule has 1 fully saturated rings. The van der Waals surface area contributed by atoms with Crippen LogP contribution < -0.4 is 14.9 Å². The Morgan fingerprint density at radius 2 is 1.68 bits per heavy atom. The second-order valence-corrected chi connectivity index (χ2v) is 10.2. The van der Waals surface area contributed by atoms with Crippen molar-refractivity contribution in [1.29, 1.82) is 0 Å². The quantitative estimate of drug-likeness (QED) is 0.543. The van der Waals surface area contributed by atoms with E-state index >= 15 is 0 Å². The van der Waals surface area contributed by atoms with E-state index in [2.05, 4.69) is 14.9 Å². The standard InChI is InChI=1S/C26H30N4O3S/c1-20-8-11-23(12-9-20)34(32,33)28-24-18-22(10-13-25(24)30-16-14-27-15-17-30)26(31)29(2)19-21-6-4-3-5-7-21/h3-13,18,27-28H,14-17,19H2,1-2H3. The lowest BCUT2D eigenvalue weighted by molar-refractivity contribution is 0.0785. The Labute approximate surface area is 201 Å². The molecule has 1 amide bonds. The van der Waals surface area contributed by atoms with Gasteiger partial charge in [0.15, 0.2) is 0 Å². The van der Waals surface area contributed by atoms with E-state index in [0.717, 1.165) is 43.0 Å². The third-order valence-corrected chi connectivity index (χ3v) is 7.27. The van der Waals surface area contributed by atoms with Gasteiger partial charge in [0.1, 0.15) is 0 Å². The third kappa shape index (κ3) is 5.58. The summed E-state index contributed by atoms with van der Waals surface area (Å²) in [6, 6.07) is 21.7. The van der Waals surface area contributed by atoms with Crippen molar-refractivity contribution in [2.24, 2.45) is 0 Å². The van der Waals surface area contributed by atoms with E-state index in [9.17, 15) is 13.2 Å². The summed E-state index contributed by atoms with van der Waals surface area (Å²) >= 11 is 0. The monoisotopic (exact) mass is 478 g/mol. The Hall–Kier alpha value is -3.36. The van der Waals surface area contributed by atoms with E-state index in [-0.39, 0.29) is 10.8 Å². The molecule has 0 saturated carbocycles. The Morgan fingerprint density at radius 3 is 2.35 bits per heavy atom. The van der Waals surface area contributed by atoms with Gasteiger partial charge < -0.3 is 15.1 Å². The number of anilines is 2. The highest BCUT2D eigenvalue weighted by molar-refractivity contribution is 7.92. The first kappa shape index (κ1) is 23.8. The number of piperazine rings is 1. The molecule has 178 valence electrons. The van der Waals surface area contributed by atoms with Gasteiger partial charge in [-0.05, 0) is 42.8 Å². The maximum atomic E-state index is 13.2. The maximum Gasteiger partial charge on any atom is 0.261 e. The molecule has 1 aliphatic rings. The summed E-state index contributed by atoms with van der Waals surface area (Å²) in [6.45, 7) is 5.49. The number of nitrogens with zero attached hydrogens (tertiary/aromatic N) is 2. The molecule has 1 heterocycles. The first-order valence-corrected chi connectivity index (χ1v) is 12.8. The number of aryl methyl sites for hydroxylation is 1. The molecule has 0 atom stereocenters. The SMILES string of the molecule is Cc1ccc(S(=O)(=O)Nc2cc(C(=O)N(C)Cc3ccccc3)ccc2N2CCNCC2)cc1. The van der Waals surface area contributed by atoms with E-state index in [1.165, 1.54) is 0 Å². The van der Waals surface area contributed by atoms with Gasteiger partial charge in [-0.15, -0.1) is 0 Å². The maximum absolute atomic E-state index is 13.2. The van der Waals surface area contributed by atoms with Gasteiger partial charge in [-0.3, -0.25) is 9.52 Å². The molecule has 0 bridgehead atoms. The van der Waals surface area contributed by atoms with Gasteiger partial charge in [-0.1, -0.05) is 48.0 Å². The van der Waals surface area contributed by atoms with E-state index in [4.69, 9.17) is 0 Å². The molecule has 0 aromatic heterocycles. The molecule has 0 aliphatic carbocycles. The lowest BCUT2D eigenvalue weighted by Gasteiger charge is -2.31. The number of sulfonamides is 1. The van der Waals surface area contributed by atoms with Crippen molar-refractivity contribution in [2.75, 3.05) is 42.8 Å². The van der Waals surface area contributed by atoms with Gasteiger partial charge in [-0.2, -0.15) is 0 Å². The predicted octanol–water partition coefficient (Wildman–Crippen LogP) is 3.48. The van der Waals surface area contributed by atoms with Crippen molar-refractivity contribution in [3.8, 4) is 0 Å². The number of hydrogen-bond donors (Lipinski definition) is 2. The molecule has 0 unspecified atom stereocenters. The average Bonchev–Trinajstić information content (AvgIpc) is 2.84. The zero-order valence-electron chi connectivity index (χ0n) is 19.5. The summed E-state index contributed by atoms with van der Waals surface area (Å²) in [4.78, 5) is 17.1. The van der Waals surface area contributed by atoms with E-state index in [1.54, 1.807) is 48.3 Å². The summed E-state index contributed by atoms with van der Waals surface area (Å²) in [5, 5.41) is 3.31. The summed E-state index contributed by atoms with van der Waals surface area (Å²) in [6.07, 6.45) is 0. The van der Waals surface area contributed by atoms with Crippen LogP contribution in [-0.2, 0) is 16.6 Å². The topological polar surface area (TPSA) is 81.8 Å². The fourth-order valence-electron chi connectivity index (χ4n) is 4.00. The average molecular weight is 479 g/mol. The molecule has 34 heavy (non-hydrogen) atoms. The van der Waals surface area contributed by atoms with Crippen LogP contribution in [0.15, 0.2) is 77.7 Å². The Balaban J connectivity index is 1.65. The van der Waals surface area contributed by atoms with Gasteiger partial charge >= 0.3 is 0 Å². The Kier molecular flexibility index (Phi) is 7.19. The Bertz CT molecular complexity index is 1240. The second-order valence-electron chi connectivity index (χ2n) is 8.53. The van der Waals surface area contributed by atoms with Crippen molar-refractivity contribution in [1.82, 2.24) is 10.2 Å². The summed E-state index contributed by atoms with van der Waals surface area (Å²) < 4.78 is 29.1. The molecule has 0 radical (unpaired) electrons. The summed E-state index contributed by atoms with van der Waals surface area (Å²) in [5.41, 5.74) is 3.60. The number of carbonyl (C=O) groups is 1. The molecule has 3 aromatic rings. The molecule has 0 spiro atoms. The number of benzene rings is 3. The van der Waals surface area contributed by atoms with Crippen LogP contribution in [-0.4, -0.2) is 52.5 Å². The van der Waals surface area contributed by atoms with Crippen LogP contribution in [0.25, 0.3) is 0 Å². The summed E-state index contributed by atoms with van der Waals surface area (Å²) in [5.74, 6) is -0.175. The smallest absolute Gasteiger partial charge is 0.261 e. The summed E-state index contributed by atoms with van der Waals surface area (Å²) in [7, 11) is -2.07. The van der Waals surface area contributed by atoms with Crippen molar-refractivity contribution >= 4 is 27.3 Å². The van der Waals surface area contributed by atoms with Crippen LogP contribution in [0.5, 0.6) is 0 Å². The largest absolute Gasteiger partial charge is 0.367 e. The zero-order valence-corrected chi connectivity index (χ0v) is 20.3. The van der Waals surface area contributed by atoms with Crippen molar-refractivity contribution in [3.05, 3.63) is 89.5 Å². The fraction of sp³-hybridized carbons (Fsp3) is 0.269. The molecule has 4 rings (SSSR count). The fourth-order valence-corrected chi connectivity index (χ4v) is 5.07. The van der Waals surface area contributed by atoms with Crippen LogP contribution in [0.4, 0.5) is 11.4 Å². The van der Waals surface area contributed by atoms with Crippen LogP contribution in [0.2, 0.25) is 0 Å². The minimum absolute atomic E-state index is 0.175. The lowest BCUT2D eigenvalue weighted by Crippen LogP contribution is -2.43. The van der Waals surface area contributed by atoms with Gasteiger partial charge in [0.25, 0.3) is 15.9 Å². The van der Waals surface area contributed by atoms with Crippen molar-refractivity contribution < 1.29 is 13.2 Å². The highest BCUT2D eigenvalue weighted by Crippen LogP contribution is 2.30. The lowest BCUT2D eigenvalue weighted by atomic mass is 10.1. The highest BCUT2D eigenvalue weighted by Gasteiger charge is 2.22. The van der Waals surface area contributed by atoms with Gasteiger partial charge in [0, 0.05) is 45.3 Å². The number of hydrogen-bond acceptors (Lipinski definition) is 5. The number of nitrogens with one attached hydrogen (secondary N) is 2. The second kappa shape index (κ2) is 10.3. The van der Waals surface area contributed by atoms with Gasteiger partial charge in [0.05, 0.1) is 16.3 Å². The molecular weight excluding hydrogens is 448 g/mol. The van der Waals surface area contributed by atoms with Crippen LogP contribution >= 0.6 is 0 Å². The first-order chi connectivity index (χ1) is 16.3. The molecule has 3 aromatic carbocycles. The van der Waals surface area contributed by atoms with E-state index < -0.39 is 10.0 Å². The van der Waals surface area contributed by atoms with Crippen LogP contribution in [0.3, 0.4) is 0 Å². The third-order valence-electron chi connectivity index (χ3n) is 5.89.